The van der Waals surface area contributed by atoms with Crippen molar-refractivity contribution in [2.45, 2.75) is 13.8 Å². The minimum atomic E-state index is -0.379. The average molecular weight is 374 g/mol. The van der Waals surface area contributed by atoms with Crippen molar-refractivity contribution < 1.29 is 9.53 Å². The van der Waals surface area contributed by atoms with Crippen LogP contribution in [0.1, 0.15) is 18.3 Å². The standard InChI is InChI=1S/C21H18N4O3/c1-13-22-18-7-5-4-6-17(18)20(26)24(13)25-14(2)23-19(21(25)27)12-15-8-10-16(28-3)11-9-15/h4-12H,1-3H3/b19-12-. The SMILES string of the molecule is COc1ccc(/C=C2\N=C(C)N(n3c(C)nc4ccccc4c3=O)C2=O)cc1. The first-order valence-corrected chi connectivity index (χ1v) is 8.74. The number of benzene rings is 2. The van der Waals surface area contributed by atoms with Gasteiger partial charge in [0.05, 0.1) is 18.0 Å². The molecule has 0 bridgehead atoms. The van der Waals surface area contributed by atoms with Crippen molar-refractivity contribution in [3.05, 3.63) is 76.0 Å². The molecule has 1 aliphatic heterocycles. The largest absolute Gasteiger partial charge is 0.497 e. The summed E-state index contributed by atoms with van der Waals surface area (Å²) in [6.45, 7) is 3.38. The van der Waals surface area contributed by atoms with Crippen LogP contribution in [0.15, 0.2) is 64.0 Å². The molecule has 0 unspecified atom stereocenters. The number of amidine groups is 1. The number of aryl methyl sites for hydroxylation is 1. The maximum Gasteiger partial charge on any atom is 0.297 e. The first-order valence-electron chi connectivity index (χ1n) is 8.74. The summed E-state index contributed by atoms with van der Waals surface area (Å²) in [7, 11) is 1.59. The van der Waals surface area contributed by atoms with E-state index in [0.717, 1.165) is 11.3 Å². The number of amides is 1. The summed E-state index contributed by atoms with van der Waals surface area (Å²) >= 11 is 0. The molecule has 7 nitrogen and oxygen atoms in total. The van der Waals surface area contributed by atoms with E-state index in [2.05, 4.69) is 9.98 Å². The minimum Gasteiger partial charge on any atom is -0.497 e. The van der Waals surface area contributed by atoms with E-state index in [0.29, 0.717) is 22.6 Å². The van der Waals surface area contributed by atoms with Crippen molar-refractivity contribution in [2.75, 3.05) is 12.1 Å². The Hall–Kier alpha value is -3.74. The molecule has 0 atom stereocenters. The van der Waals surface area contributed by atoms with E-state index in [-0.39, 0.29) is 17.2 Å². The maximum atomic E-state index is 13.0. The fourth-order valence-electron chi connectivity index (χ4n) is 3.18. The Balaban J connectivity index is 1.77. The highest BCUT2D eigenvalue weighted by atomic mass is 16.5. The second-order valence-electron chi connectivity index (χ2n) is 6.37. The van der Waals surface area contributed by atoms with Crippen LogP contribution in [-0.4, -0.2) is 28.5 Å². The summed E-state index contributed by atoms with van der Waals surface area (Å²) in [4.78, 5) is 34.8. The normalized spacial score (nSPS) is 15.4. The Morgan fingerprint density at radius 2 is 1.71 bits per heavy atom. The second kappa shape index (κ2) is 6.77. The van der Waals surface area contributed by atoms with Crippen LogP contribution in [0.3, 0.4) is 0 Å². The Morgan fingerprint density at radius 3 is 2.43 bits per heavy atom. The van der Waals surface area contributed by atoms with Crippen LogP contribution < -0.4 is 15.3 Å². The quantitative estimate of drug-likeness (QED) is 0.661. The number of hydrogen-bond donors (Lipinski definition) is 0. The van der Waals surface area contributed by atoms with Gasteiger partial charge in [-0.3, -0.25) is 9.59 Å². The first-order chi connectivity index (χ1) is 13.5. The first kappa shape index (κ1) is 17.7. The molecule has 2 aromatic carbocycles. The van der Waals surface area contributed by atoms with Gasteiger partial charge in [-0.1, -0.05) is 24.3 Å². The van der Waals surface area contributed by atoms with E-state index in [1.54, 1.807) is 45.2 Å². The van der Waals surface area contributed by atoms with Gasteiger partial charge in [-0.15, -0.1) is 0 Å². The van der Waals surface area contributed by atoms with E-state index in [1.165, 1.54) is 9.69 Å². The Kier molecular flexibility index (Phi) is 4.27. The molecule has 1 aliphatic rings. The van der Waals surface area contributed by atoms with E-state index in [1.807, 2.05) is 30.3 Å². The summed E-state index contributed by atoms with van der Waals surface area (Å²) in [6.07, 6.45) is 1.68. The third-order valence-electron chi connectivity index (χ3n) is 4.54. The number of nitrogens with zero attached hydrogens (tertiary/aromatic N) is 4. The highest BCUT2D eigenvalue weighted by Crippen LogP contribution is 2.20. The summed E-state index contributed by atoms with van der Waals surface area (Å²) in [5, 5.41) is 1.72. The highest BCUT2D eigenvalue weighted by molar-refractivity contribution is 6.23. The number of carbonyl (C=O) groups excluding carboxylic acids is 1. The molecule has 0 spiro atoms. The lowest BCUT2D eigenvalue weighted by molar-refractivity contribution is -0.115. The van der Waals surface area contributed by atoms with Crippen LogP contribution in [0, 0.1) is 6.92 Å². The van der Waals surface area contributed by atoms with E-state index >= 15 is 0 Å². The molecule has 0 saturated carbocycles. The zero-order valence-electron chi connectivity index (χ0n) is 15.7. The van der Waals surface area contributed by atoms with Crippen LogP contribution >= 0.6 is 0 Å². The molecule has 0 aliphatic carbocycles. The van der Waals surface area contributed by atoms with Gasteiger partial charge in [0.2, 0.25) is 0 Å². The summed E-state index contributed by atoms with van der Waals surface area (Å²) in [6, 6.07) is 14.3. The van der Waals surface area contributed by atoms with Crippen LogP contribution in [-0.2, 0) is 4.79 Å². The molecule has 0 fully saturated rings. The van der Waals surface area contributed by atoms with E-state index < -0.39 is 0 Å². The lowest BCUT2D eigenvalue weighted by Crippen LogP contribution is -2.48. The average Bonchev–Trinajstić information content (AvgIpc) is 2.96. The van der Waals surface area contributed by atoms with Crippen LogP contribution in [0.2, 0.25) is 0 Å². The van der Waals surface area contributed by atoms with Crippen molar-refractivity contribution in [1.29, 1.82) is 0 Å². The number of hydrogen-bond acceptors (Lipinski definition) is 5. The molecular weight excluding hydrogens is 356 g/mol. The van der Waals surface area contributed by atoms with E-state index in [4.69, 9.17) is 4.74 Å². The van der Waals surface area contributed by atoms with Crippen LogP contribution in [0.5, 0.6) is 5.75 Å². The number of aromatic nitrogens is 2. The Morgan fingerprint density at radius 1 is 1.00 bits per heavy atom. The topological polar surface area (TPSA) is 76.8 Å². The molecule has 140 valence electrons. The Labute approximate surface area is 161 Å². The molecule has 0 saturated heterocycles. The lowest BCUT2D eigenvalue weighted by Gasteiger charge is -2.20. The molecule has 3 aromatic rings. The van der Waals surface area contributed by atoms with Gasteiger partial charge < -0.3 is 4.74 Å². The molecule has 0 radical (unpaired) electrons. The third kappa shape index (κ3) is 2.87. The fraction of sp³-hybridized carbons (Fsp3) is 0.143. The Bertz CT molecular complexity index is 1210. The van der Waals surface area contributed by atoms with Gasteiger partial charge >= 0.3 is 0 Å². The monoisotopic (exact) mass is 374 g/mol. The van der Waals surface area contributed by atoms with Gasteiger partial charge in [0.25, 0.3) is 11.5 Å². The lowest BCUT2D eigenvalue weighted by atomic mass is 10.2. The molecule has 2 heterocycles. The molecule has 0 N–H and O–H groups in total. The number of aliphatic imine (C=N–C) groups is 1. The number of para-hydroxylation sites is 1. The van der Waals surface area contributed by atoms with Gasteiger partial charge in [0.1, 0.15) is 23.1 Å². The van der Waals surface area contributed by atoms with E-state index in [9.17, 15) is 9.59 Å². The molecule has 4 rings (SSSR count). The zero-order chi connectivity index (χ0) is 19.8. The highest BCUT2D eigenvalue weighted by Gasteiger charge is 2.31. The van der Waals surface area contributed by atoms with Crippen molar-refractivity contribution in [3.8, 4) is 5.75 Å². The predicted octanol–water partition coefficient (Wildman–Crippen LogP) is 2.65. The molecule has 1 amide bonds. The summed E-state index contributed by atoms with van der Waals surface area (Å²) in [5.74, 6) is 1.17. The minimum absolute atomic E-state index is 0.252. The van der Waals surface area contributed by atoms with Gasteiger partial charge in [-0.2, -0.15) is 9.69 Å². The van der Waals surface area contributed by atoms with Gasteiger partial charge in [0.15, 0.2) is 0 Å². The maximum absolute atomic E-state index is 13.0. The van der Waals surface area contributed by atoms with Gasteiger partial charge in [-0.05, 0) is 49.8 Å². The third-order valence-corrected chi connectivity index (χ3v) is 4.54. The van der Waals surface area contributed by atoms with Crippen molar-refractivity contribution >= 4 is 28.7 Å². The fourth-order valence-corrected chi connectivity index (χ4v) is 3.18. The number of carbonyl (C=O) groups is 1. The summed E-state index contributed by atoms with van der Waals surface area (Å²) < 4.78 is 6.42. The molecule has 7 heteroatoms. The zero-order valence-corrected chi connectivity index (χ0v) is 15.7. The van der Waals surface area contributed by atoms with Crippen molar-refractivity contribution in [1.82, 2.24) is 9.66 Å². The number of methoxy groups -OCH3 is 1. The van der Waals surface area contributed by atoms with Crippen LogP contribution in [0.4, 0.5) is 0 Å². The summed E-state index contributed by atoms with van der Waals surface area (Å²) in [5.41, 5.74) is 1.35. The number of ether oxygens (including phenoxy) is 1. The van der Waals surface area contributed by atoms with Crippen molar-refractivity contribution in [2.24, 2.45) is 4.99 Å². The number of fused-ring (bicyclic) bond motifs is 1. The predicted molar refractivity (Wildman–Crippen MR) is 108 cm³/mol. The molecule has 28 heavy (non-hydrogen) atoms. The van der Waals surface area contributed by atoms with Gasteiger partial charge in [-0.25, -0.2) is 9.98 Å². The second-order valence-corrected chi connectivity index (χ2v) is 6.37. The van der Waals surface area contributed by atoms with Gasteiger partial charge in [0, 0.05) is 0 Å². The smallest absolute Gasteiger partial charge is 0.297 e. The molecular formula is C21H18N4O3. The van der Waals surface area contributed by atoms with Crippen LogP contribution in [0.25, 0.3) is 17.0 Å². The van der Waals surface area contributed by atoms with Crippen molar-refractivity contribution in [3.63, 3.8) is 0 Å². The molecule has 1 aromatic heterocycles. The number of rotatable bonds is 3.